The lowest BCUT2D eigenvalue weighted by molar-refractivity contribution is 0.632. The van der Waals surface area contributed by atoms with Crippen molar-refractivity contribution in [3.05, 3.63) is 11.9 Å². The highest BCUT2D eigenvalue weighted by Crippen LogP contribution is 1.96. The maximum absolute atomic E-state index is 5.13. The number of rotatable bonds is 6. The van der Waals surface area contributed by atoms with Crippen molar-refractivity contribution in [2.24, 2.45) is 7.05 Å². The van der Waals surface area contributed by atoms with Gasteiger partial charge in [-0.25, -0.2) is 0 Å². The molecule has 0 unspecified atom stereocenters. The van der Waals surface area contributed by atoms with E-state index in [9.17, 15) is 0 Å². The topological polar surface area (TPSA) is 42.7 Å². The molecule has 0 radical (unpaired) electrons. The van der Waals surface area contributed by atoms with E-state index in [0.29, 0.717) is 0 Å². The Bertz CT molecular complexity index is 302. The lowest BCUT2D eigenvalue weighted by atomic mass is 10.4. The van der Waals surface area contributed by atoms with E-state index in [1.54, 1.807) is 22.6 Å². The highest BCUT2D eigenvalue weighted by atomic mass is 32.2. The van der Waals surface area contributed by atoms with Crippen molar-refractivity contribution in [3.63, 3.8) is 0 Å². The first-order chi connectivity index (χ1) is 6.84. The van der Waals surface area contributed by atoms with Crippen molar-refractivity contribution in [1.82, 2.24) is 20.3 Å². The molecule has 0 saturated carbocycles. The van der Waals surface area contributed by atoms with Gasteiger partial charge in [0.15, 0.2) is 0 Å². The number of terminal acetylenes is 1. The van der Waals surface area contributed by atoms with Gasteiger partial charge in [-0.1, -0.05) is 11.1 Å². The number of hydrogen-bond donors (Lipinski definition) is 1. The highest BCUT2D eigenvalue weighted by molar-refractivity contribution is 7.99. The van der Waals surface area contributed by atoms with Crippen molar-refractivity contribution in [2.75, 3.05) is 18.1 Å². The molecule has 0 fully saturated rings. The van der Waals surface area contributed by atoms with E-state index in [1.165, 1.54) is 0 Å². The Morgan fingerprint density at radius 3 is 3.21 bits per heavy atom. The van der Waals surface area contributed by atoms with Gasteiger partial charge in [0.05, 0.1) is 17.6 Å². The maximum Gasteiger partial charge on any atom is 0.0738 e. The van der Waals surface area contributed by atoms with Crippen LogP contribution in [-0.4, -0.2) is 33.0 Å². The minimum absolute atomic E-state index is 0.787. The third-order valence-electron chi connectivity index (χ3n) is 1.72. The minimum Gasteiger partial charge on any atom is -0.310 e. The molecule has 5 heteroatoms. The summed E-state index contributed by atoms with van der Waals surface area (Å²) in [4.78, 5) is 0. The van der Waals surface area contributed by atoms with E-state index in [-0.39, 0.29) is 0 Å². The molecule has 14 heavy (non-hydrogen) atoms. The molecule has 0 saturated heterocycles. The van der Waals surface area contributed by atoms with Gasteiger partial charge in [-0.3, -0.25) is 4.68 Å². The number of hydrogen-bond acceptors (Lipinski definition) is 4. The zero-order valence-corrected chi connectivity index (χ0v) is 9.05. The fourth-order valence-corrected chi connectivity index (χ4v) is 1.51. The van der Waals surface area contributed by atoms with Crippen molar-refractivity contribution < 1.29 is 0 Å². The van der Waals surface area contributed by atoms with Crippen molar-refractivity contribution in [3.8, 4) is 12.3 Å². The number of nitrogens with zero attached hydrogens (tertiary/aromatic N) is 3. The molecular formula is C9H14N4S. The van der Waals surface area contributed by atoms with E-state index in [0.717, 1.165) is 30.3 Å². The van der Waals surface area contributed by atoms with Gasteiger partial charge in [0.2, 0.25) is 0 Å². The second-order valence-electron chi connectivity index (χ2n) is 2.78. The zero-order chi connectivity index (χ0) is 10.2. The summed E-state index contributed by atoms with van der Waals surface area (Å²) in [6, 6.07) is 0. The van der Waals surface area contributed by atoms with Crippen molar-refractivity contribution in [1.29, 1.82) is 0 Å². The molecule has 1 rings (SSSR count). The maximum atomic E-state index is 5.13. The smallest absolute Gasteiger partial charge is 0.0738 e. The van der Waals surface area contributed by atoms with Crippen LogP contribution in [0.5, 0.6) is 0 Å². The Morgan fingerprint density at radius 1 is 1.71 bits per heavy atom. The van der Waals surface area contributed by atoms with E-state index in [4.69, 9.17) is 6.42 Å². The second-order valence-corrected chi connectivity index (χ2v) is 3.89. The van der Waals surface area contributed by atoms with Crippen LogP contribution in [0.1, 0.15) is 5.69 Å². The lowest BCUT2D eigenvalue weighted by Gasteiger charge is -2.02. The number of aryl methyl sites for hydroxylation is 1. The SMILES string of the molecule is C#CCSCCNCc1cnnn1C. The Balaban J connectivity index is 2.05. The van der Waals surface area contributed by atoms with Gasteiger partial charge < -0.3 is 5.32 Å². The molecule has 0 amide bonds. The molecule has 0 aliphatic rings. The first kappa shape index (κ1) is 11.1. The van der Waals surface area contributed by atoms with Gasteiger partial charge in [0.25, 0.3) is 0 Å². The molecule has 0 aromatic carbocycles. The molecule has 0 spiro atoms. The quantitative estimate of drug-likeness (QED) is 0.541. The van der Waals surface area contributed by atoms with Crippen molar-refractivity contribution >= 4 is 11.8 Å². The summed E-state index contributed by atoms with van der Waals surface area (Å²) in [7, 11) is 1.89. The van der Waals surface area contributed by atoms with Crippen LogP contribution in [0.4, 0.5) is 0 Å². The van der Waals surface area contributed by atoms with E-state index < -0.39 is 0 Å². The number of thioether (sulfide) groups is 1. The predicted octanol–water partition coefficient (Wildman–Crippen LogP) is 0.271. The molecule has 0 aliphatic carbocycles. The second kappa shape index (κ2) is 6.46. The van der Waals surface area contributed by atoms with Gasteiger partial charge in [-0.2, -0.15) is 0 Å². The Hall–Kier alpha value is -0.990. The van der Waals surface area contributed by atoms with E-state index in [1.807, 2.05) is 7.05 Å². The number of aromatic nitrogens is 3. The molecule has 0 atom stereocenters. The third-order valence-corrected chi connectivity index (χ3v) is 2.59. The van der Waals surface area contributed by atoms with Gasteiger partial charge in [-0.05, 0) is 0 Å². The summed E-state index contributed by atoms with van der Waals surface area (Å²) < 4.78 is 1.77. The Morgan fingerprint density at radius 2 is 2.57 bits per heavy atom. The zero-order valence-electron chi connectivity index (χ0n) is 8.23. The van der Waals surface area contributed by atoms with Crippen LogP contribution in [0.25, 0.3) is 0 Å². The van der Waals surface area contributed by atoms with Crippen LogP contribution >= 0.6 is 11.8 Å². The third kappa shape index (κ3) is 3.81. The van der Waals surface area contributed by atoms with Crippen molar-refractivity contribution in [2.45, 2.75) is 6.54 Å². The lowest BCUT2D eigenvalue weighted by Crippen LogP contribution is -2.18. The monoisotopic (exact) mass is 210 g/mol. The van der Waals surface area contributed by atoms with Crippen LogP contribution in [0, 0.1) is 12.3 Å². The Kier molecular flexibility index (Phi) is 5.12. The van der Waals surface area contributed by atoms with Crippen LogP contribution in [0.15, 0.2) is 6.20 Å². The van der Waals surface area contributed by atoms with Gasteiger partial charge in [0, 0.05) is 25.9 Å². The number of nitrogens with one attached hydrogen (secondary N) is 1. The summed E-state index contributed by atoms with van der Waals surface area (Å²) in [5.74, 6) is 4.42. The molecule has 0 aliphatic heterocycles. The van der Waals surface area contributed by atoms with Gasteiger partial charge >= 0.3 is 0 Å². The summed E-state index contributed by atoms with van der Waals surface area (Å²) in [5, 5.41) is 10.9. The molecule has 4 nitrogen and oxygen atoms in total. The highest BCUT2D eigenvalue weighted by Gasteiger charge is 1.97. The average Bonchev–Trinajstić information content (AvgIpc) is 2.58. The molecule has 1 heterocycles. The molecule has 1 aromatic rings. The fraction of sp³-hybridized carbons (Fsp3) is 0.556. The average molecular weight is 210 g/mol. The summed E-state index contributed by atoms with van der Waals surface area (Å²) in [6.07, 6.45) is 6.89. The van der Waals surface area contributed by atoms with Crippen LogP contribution in [0.2, 0.25) is 0 Å². The molecular weight excluding hydrogens is 196 g/mol. The van der Waals surface area contributed by atoms with Gasteiger partial charge in [0.1, 0.15) is 0 Å². The fourth-order valence-electron chi connectivity index (χ4n) is 0.963. The summed E-state index contributed by atoms with van der Waals surface area (Å²) >= 11 is 1.76. The van der Waals surface area contributed by atoms with E-state index >= 15 is 0 Å². The molecule has 76 valence electrons. The first-order valence-corrected chi connectivity index (χ1v) is 5.55. The van der Waals surface area contributed by atoms with Gasteiger partial charge in [-0.15, -0.1) is 23.3 Å². The Labute approximate surface area is 88.5 Å². The molecule has 0 bridgehead atoms. The summed E-state index contributed by atoms with van der Waals surface area (Å²) in [5.41, 5.74) is 1.09. The standard InChI is InChI=1S/C9H14N4S/c1-3-5-14-6-4-10-7-9-8-11-12-13(9)2/h1,8,10H,4-7H2,2H3. The van der Waals surface area contributed by atoms with Crippen LogP contribution in [-0.2, 0) is 13.6 Å². The van der Waals surface area contributed by atoms with E-state index in [2.05, 4.69) is 21.5 Å². The summed E-state index contributed by atoms with van der Waals surface area (Å²) in [6.45, 7) is 1.76. The normalized spacial score (nSPS) is 10.0. The predicted molar refractivity (Wildman–Crippen MR) is 58.9 cm³/mol. The largest absolute Gasteiger partial charge is 0.310 e. The minimum atomic E-state index is 0.787. The first-order valence-electron chi connectivity index (χ1n) is 4.40. The van der Waals surface area contributed by atoms with Crippen LogP contribution in [0.3, 0.4) is 0 Å². The molecule has 1 aromatic heterocycles. The molecule has 1 N–H and O–H groups in total. The van der Waals surface area contributed by atoms with Crippen LogP contribution < -0.4 is 5.32 Å².